The van der Waals surface area contributed by atoms with Crippen molar-refractivity contribution < 1.29 is 9.13 Å². The first-order valence-corrected chi connectivity index (χ1v) is 10.3. The Hall–Kier alpha value is -2.60. The van der Waals surface area contributed by atoms with E-state index in [-0.39, 0.29) is 11.9 Å². The molecule has 3 rings (SSSR count). The van der Waals surface area contributed by atoms with Crippen molar-refractivity contribution >= 4 is 11.8 Å². The summed E-state index contributed by atoms with van der Waals surface area (Å²) in [5.74, 6) is 1.78. The zero-order chi connectivity index (χ0) is 19.9. The largest absolute Gasteiger partial charge is 0.483 e. The van der Waals surface area contributed by atoms with Crippen molar-refractivity contribution in [2.24, 2.45) is 0 Å². The lowest BCUT2D eigenvalue weighted by Crippen LogP contribution is -2.12. The predicted molar refractivity (Wildman–Crippen MR) is 111 cm³/mol. The molecule has 1 aromatic heterocycles. The lowest BCUT2D eigenvalue weighted by Gasteiger charge is -2.16. The molecule has 2 aromatic carbocycles. The van der Waals surface area contributed by atoms with Crippen LogP contribution in [0.15, 0.2) is 66.3 Å². The third-order valence-corrected chi connectivity index (χ3v) is 5.40. The topological polar surface area (TPSA) is 39.9 Å². The number of aromatic nitrogens is 3. The van der Waals surface area contributed by atoms with E-state index in [1.165, 1.54) is 23.4 Å². The van der Waals surface area contributed by atoms with Gasteiger partial charge in [-0.25, -0.2) is 4.39 Å². The Morgan fingerprint density at radius 3 is 2.61 bits per heavy atom. The highest BCUT2D eigenvalue weighted by atomic mass is 32.2. The number of ether oxygens (including phenoxy) is 1. The molecule has 0 amide bonds. The fourth-order valence-electron chi connectivity index (χ4n) is 2.83. The summed E-state index contributed by atoms with van der Waals surface area (Å²) in [6.45, 7) is 8.45. The van der Waals surface area contributed by atoms with Crippen molar-refractivity contribution in [1.29, 1.82) is 0 Å². The molecule has 146 valence electrons. The van der Waals surface area contributed by atoms with Gasteiger partial charge in [0, 0.05) is 12.3 Å². The second kappa shape index (κ2) is 9.55. The Kier molecular flexibility index (Phi) is 6.87. The molecule has 6 heteroatoms. The van der Waals surface area contributed by atoms with Gasteiger partial charge in [0.05, 0.1) is 0 Å². The molecule has 1 atom stereocenters. The molecular formula is C22H24FN3OS. The average molecular weight is 398 g/mol. The maximum atomic E-state index is 13.9. The highest BCUT2D eigenvalue weighted by Gasteiger charge is 2.19. The lowest BCUT2D eigenvalue weighted by atomic mass is 10.2. The predicted octanol–water partition coefficient (Wildman–Crippen LogP) is 5.60. The summed E-state index contributed by atoms with van der Waals surface area (Å²) in [5.41, 5.74) is 1.91. The van der Waals surface area contributed by atoms with Crippen LogP contribution < -0.4 is 4.74 Å². The number of rotatable bonds is 9. The van der Waals surface area contributed by atoms with Gasteiger partial charge in [0.2, 0.25) is 0 Å². The Morgan fingerprint density at radius 1 is 1.18 bits per heavy atom. The Bertz CT molecular complexity index is 924. The molecule has 0 saturated heterocycles. The molecule has 0 aliphatic rings. The van der Waals surface area contributed by atoms with Crippen molar-refractivity contribution in [3.05, 3.63) is 84.0 Å². The molecule has 0 radical (unpaired) electrons. The van der Waals surface area contributed by atoms with Crippen LogP contribution in [0.4, 0.5) is 4.39 Å². The van der Waals surface area contributed by atoms with Crippen molar-refractivity contribution in [2.75, 3.05) is 0 Å². The number of halogens is 1. The zero-order valence-electron chi connectivity index (χ0n) is 16.1. The van der Waals surface area contributed by atoms with Gasteiger partial charge in [-0.15, -0.1) is 16.8 Å². The van der Waals surface area contributed by atoms with Crippen LogP contribution in [0.3, 0.4) is 0 Å². The zero-order valence-corrected chi connectivity index (χ0v) is 17.0. The summed E-state index contributed by atoms with van der Waals surface area (Å²) in [6.07, 6.45) is 2.51. The Balaban J connectivity index is 1.75. The van der Waals surface area contributed by atoms with E-state index in [1.807, 2.05) is 29.7 Å². The highest BCUT2D eigenvalue weighted by molar-refractivity contribution is 7.98. The molecule has 1 heterocycles. The third kappa shape index (κ3) is 4.81. The van der Waals surface area contributed by atoms with E-state index in [9.17, 15) is 4.39 Å². The smallest absolute Gasteiger partial charge is 0.191 e. The first kappa shape index (κ1) is 20.1. The average Bonchev–Trinajstić information content (AvgIpc) is 3.11. The van der Waals surface area contributed by atoms with E-state index in [2.05, 4.69) is 35.8 Å². The second-order valence-corrected chi connectivity index (χ2v) is 7.32. The summed E-state index contributed by atoms with van der Waals surface area (Å²) < 4.78 is 21.9. The molecule has 28 heavy (non-hydrogen) atoms. The van der Waals surface area contributed by atoms with E-state index in [4.69, 9.17) is 4.74 Å². The first-order chi connectivity index (χ1) is 13.6. The molecule has 0 saturated carbocycles. The van der Waals surface area contributed by atoms with Crippen LogP contribution in [0.1, 0.15) is 36.9 Å². The van der Waals surface area contributed by atoms with Gasteiger partial charge in [-0.05, 0) is 42.7 Å². The van der Waals surface area contributed by atoms with Crippen LogP contribution in [0.2, 0.25) is 0 Å². The van der Waals surface area contributed by atoms with Crippen LogP contribution in [-0.4, -0.2) is 14.8 Å². The Morgan fingerprint density at radius 2 is 1.93 bits per heavy atom. The van der Waals surface area contributed by atoms with Gasteiger partial charge < -0.3 is 4.74 Å². The number of aryl methyl sites for hydroxylation is 1. The quantitative estimate of drug-likeness (QED) is 0.348. The standard InChI is InChI=1S/C22H24FN3OS/c1-4-14-26-21(16(3)27-19-12-10-17(5-2)11-13-19)24-25-22(26)28-15-18-8-6-7-9-20(18)23/h4,6-13,16H,1,5,14-15H2,2-3H3. The van der Waals surface area contributed by atoms with Crippen LogP contribution in [-0.2, 0) is 18.7 Å². The monoisotopic (exact) mass is 397 g/mol. The van der Waals surface area contributed by atoms with Crippen LogP contribution in [0, 0.1) is 5.82 Å². The summed E-state index contributed by atoms with van der Waals surface area (Å²) in [6, 6.07) is 14.8. The molecule has 0 bridgehead atoms. The van der Waals surface area contributed by atoms with E-state index in [0.717, 1.165) is 23.2 Å². The van der Waals surface area contributed by atoms with E-state index in [1.54, 1.807) is 18.2 Å². The van der Waals surface area contributed by atoms with Gasteiger partial charge >= 0.3 is 0 Å². The summed E-state index contributed by atoms with van der Waals surface area (Å²) in [4.78, 5) is 0. The second-order valence-electron chi connectivity index (χ2n) is 6.38. The molecule has 0 spiro atoms. The fraction of sp³-hybridized carbons (Fsp3) is 0.273. The van der Waals surface area contributed by atoms with Crippen molar-refractivity contribution in [3.63, 3.8) is 0 Å². The van der Waals surface area contributed by atoms with Crippen LogP contribution >= 0.6 is 11.8 Å². The summed E-state index contributed by atoms with van der Waals surface area (Å²) in [7, 11) is 0. The number of hydrogen-bond donors (Lipinski definition) is 0. The number of hydrogen-bond acceptors (Lipinski definition) is 4. The van der Waals surface area contributed by atoms with Crippen molar-refractivity contribution in [3.8, 4) is 5.75 Å². The van der Waals surface area contributed by atoms with E-state index < -0.39 is 0 Å². The van der Waals surface area contributed by atoms with Crippen molar-refractivity contribution in [2.45, 2.75) is 43.8 Å². The molecule has 0 aliphatic carbocycles. The minimum absolute atomic E-state index is 0.211. The molecule has 0 fully saturated rings. The number of nitrogens with zero attached hydrogens (tertiary/aromatic N) is 3. The maximum absolute atomic E-state index is 13.9. The number of benzene rings is 2. The van der Waals surface area contributed by atoms with Crippen LogP contribution in [0.25, 0.3) is 0 Å². The van der Waals surface area contributed by atoms with Crippen LogP contribution in [0.5, 0.6) is 5.75 Å². The SMILES string of the molecule is C=CCn1c(SCc2ccccc2F)nnc1C(C)Oc1ccc(CC)cc1. The van der Waals surface area contributed by atoms with E-state index >= 15 is 0 Å². The molecule has 1 unspecified atom stereocenters. The van der Waals surface area contributed by atoms with Crippen molar-refractivity contribution in [1.82, 2.24) is 14.8 Å². The highest BCUT2D eigenvalue weighted by Crippen LogP contribution is 2.27. The molecule has 0 N–H and O–H groups in total. The Labute approximate surface area is 169 Å². The minimum Gasteiger partial charge on any atom is -0.483 e. The van der Waals surface area contributed by atoms with Gasteiger partial charge in [-0.2, -0.15) is 0 Å². The number of thioether (sulfide) groups is 1. The van der Waals surface area contributed by atoms with Gasteiger partial charge in [0.25, 0.3) is 0 Å². The summed E-state index contributed by atoms with van der Waals surface area (Å²) >= 11 is 1.45. The maximum Gasteiger partial charge on any atom is 0.191 e. The van der Waals surface area contributed by atoms with E-state index in [0.29, 0.717) is 17.9 Å². The third-order valence-electron chi connectivity index (χ3n) is 4.38. The lowest BCUT2D eigenvalue weighted by molar-refractivity contribution is 0.210. The molecule has 0 aliphatic heterocycles. The van der Waals surface area contributed by atoms with Gasteiger partial charge in [0.1, 0.15) is 11.6 Å². The molecule has 4 nitrogen and oxygen atoms in total. The minimum atomic E-state index is -0.275. The summed E-state index contributed by atoms with van der Waals surface area (Å²) in [5, 5.41) is 9.34. The molecular weight excluding hydrogens is 373 g/mol. The van der Waals surface area contributed by atoms with Gasteiger partial charge in [-0.1, -0.05) is 55.1 Å². The first-order valence-electron chi connectivity index (χ1n) is 9.28. The van der Waals surface area contributed by atoms with Gasteiger partial charge in [0.15, 0.2) is 17.1 Å². The normalized spacial score (nSPS) is 12.0. The van der Waals surface area contributed by atoms with Gasteiger partial charge in [-0.3, -0.25) is 4.57 Å². The number of allylic oxidation sites excluding steroid dienone is 1. The molecule has 3 aromatic rings. The fourth-order valence-corrected chi connectivity index (χ4v) is 3.77.